The van der Waals surface area contributed by atoms with Crippen LogP contribution in [0.15, 0.2) is 127 Å². The number of aryl methyl sites for hydroxylation is 1. The summed E-state index contributed by atoms with van der Waals surface area (Å²) in [7, 11) is 0. The molecule has 2 radical (unpaired) electrons. The molecule has 0 bridgehead atoms. The van der Waals surface area contributed by atoms with Gasteiger partial charge in [-0.15, -0.1) is 74.3 Å². The largest absolute Gasteiger partial charge is 0.126 e. The molecular formula is C35H30SiZr-4. The van der Waals surface area contributed by atoms with Gasteiger partial charge in [0.15, 0.2) is 0 Å². The Morgan fingerprint density at radius 2 is 1.16 bits per heavy atom. The van der Waals surface area contributed by atoms with Gasteiger partial charge in [-0.25, -0.2) is 0 Å². The van der Waals surface area contributed by atoms with Crippen LogP contribution in [0, 0.1) is 21.8 Å². The molecule has 2 heteroatoms. The van der Waals surface area contributed by atoms with Gasteiger partial charge in [-0.05, 0) is 10.9 Å². The first-order valence-electron chi connectivity index (χ1n) is 11.7. The number of rotatable bonds is 1. The number of benzene rings is 5. The van der Waals surface area contributed by atoms with Gasteiger partial charge in [-0.3, -0.25) is 0 Å². The quantitative estimate of drug-likeness (QED) is 0.136. The topological polar surface area (TPSA) is 0 Å². The molecule has 7 rings (SSSR count). The molecule has 0 unspecified atom stereocenters. The molecule has 7 aromatic carbocycles. The van der Waals surface area contributed by atoms with Crippen LogP contribution in [0.2, 0.25) is 0 Å². The Balaban J connectivity index is 0.000000184. The molecular weight excluding hydrogens is 540 g/mol. The number of fused-ring (bicyclic) bond motifs is 6. The predicted octanol–water partition coefficient (Wildman–Crippen LogP) is 9.92. The molecule has 0 aliphatic rings. The molecule has 182 valence electrons. The monoisotopic (exact) mass is 568 g/mol. The summed E-state index contributed by atoms with van der Waals surface area (Å²) >= 11 is 1.36. The van der Waals surface area contributed by atoms with E-state index in [0.29, 0.717) is 0 Å². The normalized spacial score (nSPS) is 10.1. The van der Waals surface area contributed by atoms with Gasteiger partial charge in [-0.1, -0.05) is 103 Å². The smallest absolute Gasteiger partial charge is 0.0333 e. The van der Waals surface area contributed by atoms with Crippen molar-refractivity contribution in [3.63, 3.8) is 0 Å². The minimum absolute atomic E-state index is 0. The molecule has 7 aromatic rings. The Kier molecular flexibility index (Phi) is 9.98. The minimum atomic E-state index is 0. The second kappa shape index (κ2) is 13.0. The summed E-state index contributed by atoms with van der Waals surface area (Å²) in [6.45, 7) is 5.21. The Labute approximate surface area is 237 Å². The van der Waals surface area contributed by atoms with Crippen LogP contribution in [0.1, 0.15) is 5.56 Å². The Morgan fingerprint density at radius 3 is 1.95 bits per heavy atom. The van der Waals surface area contributed by atoms with E-state index in [1.165, 1.54) is 83.1 Å². The van der Waals surface area contributed by atoms with Crippen molar-refractivity contribution in [1.29, 1.82) is 0 Å². The van der Waals surface area contributed by atoms with E-state index in [0.717, 1.165) is 0 Å². The van der Waals surface area contributed by atoms with Gasteiger partial charge in [0.1, 0.15) is 0 Å². The third kappa shape index (κ3) is 5.77. The van der Waals surface area contributed by atoms with Crippen LogP contribution in [0.4, 0.5) is 0 Å². The van der Waals surface area contributed by atoms with Gasteiger partial charge in [0.05, 0.1) is 0 Å². The van der Waals surface area contributed by atoms with Gasteiger partial charge in [0.2, 0.25) is 0 Å². The number of hydrogen-bond acceptors (Lipinski definition) is 0. The minimum Gasteiger partial charge on any atom is -0.126 e. The van der Waals surface area contributed by atoms with Crippen LogP contribution < -0.4 is 0 Å². The first-order valence-corrected chi connectivity index (χ1v) is 15.9. The summed E-state index contributed by atoms with van der Waals surface area (Å²) in [6, 6.07) is 45.5. The standard InChI is InChI=1S/C17H11.C16H13.2CH3.Si.Zr/c1-3-7-15-12(5-1)9-10-14-11-13-6-2-4-8-16(13)17(14)15;1-12-10-14-8-5-9-15(16(14)11-12)13-6-3-2-4-7-13;;;;/h1-11H;2-11H,1H3;2*1H3;;/q4*-1;;. The molecule has 0 amide bonds. The summed E-state index contributed by atoms with van der Waals surface area (Å²) < 4.78 is 0. The maximum atomic E-state index is 3.06. The zero-order valence-corrected chi connectivity index (χ0v) is 25.1. The molecule has 0 fully saturated rings. The van der Waals surface area contributed by atoms with E-state index in [1.54, 1.807) is 0 Å². The van der Waals surface area contributed by atoms with E-state index < -0.39 is 0 Å². The predicted molar refractivity (Wildman–Crippen MR) is 163 cm³/mol. The molecule has 0 nitrogen and oxygen atoms in total. The van der Waals surface area contributed by atoms with Gasteiger partial charge < -0.3 is 14.9 Å². The Morgan fingerprint density at radius 1 is 0.541 bits per heavy atom. The van der Waals surface area contributed by atoms with Crippen LogP contribution in [-0.4, -0.2) is 6.88 Å². The van der Waals surface area contributed by atoms with Crippen LogP contribution in [0.3, 0.4) is 0 Å². The first kappa shape index (κ1) is 28.5. The fraction of sp³-hybridized carbons (Fsp3) is 0.0286. The zero-order valence-electron chi connectivity index (χ0n) is 21.6. The van der Waals surface area contributed by atoms with Crippen molar-refractivity contribution in [2.45, 2.75) is 6.92 Å². The molecule has 0 heterocycles. The fourth-order valence-corrected chi connectivity index (χ4v) is 4.98. The van der Waals surface area contributed by atoms with Gasteiger partial charge in [0.25, 0.3) is 0 Å². The zero-order chi connectivity index (χ0) is 24.2. The van der Waals surface area contributed by atoms with Crippen LogP contribution in [0.5, 0.6) is 0 Å². The summed E-state index contributed by atoms with van der Waals surface area (Å²) in [6.07, 6.45) is 0. The summed E-state index contributed by atoms with van der Waals surface area (Å²) in [4.78, 5) is 0. The van der Waals surface area contributed by atoms with Gasteiger partial charge in [0, 0.05) is 0 Å². The second-order valence-electron chi connectivity index (χ2n) is 8.69. The maximum absolute atomic E-state index is 3.06. The molecule has 37 heavy (non-hydrogen) atoms. The van der Waals surface area contributed by atoms with E-state index in [9.17, 15) is 0 Å². The third-order valence-corrected chi connectivity index (χ3v) is 6.48. The average molecular weight is 570 g/mol. The molecule has 0 aliphatic carbocycles. The van der Waals surface area contributed by atoms with Crippen LogP contribution in [0.25, 0.3) is 54.2 Å². The fourth-order valence-electron chi connectivity index (χ4n) is 4.98. The summed E-state index contributed by atoms with van der Waals surface area (Å²) in [5, 5.41) is 10.8. The van der Waals surface area contributed by atoms with E-state index in [1.807, 2.05) is 0 Å². The van der Waals surface area contributed by atoms with Gasteiger partial charge >= 0.3 is 30.2 Å². The first-order chi connectivity index (χ1) is 17.3. The van der Waals surface area contributed by atoms with Crippen molar-refractivity contribution in [2.75, 3.05) is 0 Å². The maximum Gasteiger partial charge on any atom is -0.0333 e. The molecule has 0 spiro atoms. The van der Waals surface area contributed by atoms with Crippen LogP contribution in [-0.2, 0) is 23.3 Å². The molecule has 0 N–H and O–H groups in total. The molecule has 0 atom stereocenters. The molecule has 0 aliphatic heterocycles. The van der Waals surface area contributed by atoms with E-state index in [-0.39, 0.29) is 14.9 Å². The summed E-state index contributed by atoms with van der Waals surface area (Å²) in [5.74, 6) is 0. The number of hydrogen-bond donors (Lipinski definition) is 0. The Hall–Kier alpha value is -3.06. The van der Waals surface area contributed by atoms with Gasteiger partial charge in [-0.2, -0.15) is 6.07 Å². The van der Waals surface area contributed by atoms with E-state index in [4.69, 9.17) is 0 Å². The second-order valence-corrected chi connectivity index (χ2v) is 8.69. The third-order valence-electron chi connectivity index (χ3n) is 6.48. The van der Waals surface area contributed by atoms with Crippen molar-refractivity contribution in [1.82, 2.24) is 0 Å². The van der Waals surface area contributed by atoms with Crippen molar-refractivity contribution in [3.8, 4) is 11.1 Å². The SMILES string of the molecule is Cc1cc2c(-c3ccccc3)cccc2[cH-]1.[CH3-].[CH3-].[Si]=[Zr].c1ccc2c(c1)ccc1[cH-]c3ccccc3c12. The van der Waals surface area contributed by atoms with Crippen molar-refractivity contribution in [2.24, 2.45) is 0 Å². The van der Waals surface area contributed by atoms with Crippen molar-refractivity contribution >= 4 is 50.0 Å². The Bertz CT molecular complexity index is 1730. The molecule has 0 saturated carbocycles. The average Bonchev–Trinajstić information content (AvgIpc) is 3.50. The van der Waals surface area contributed by atoms with Crippen molar-refractivity contribution < 1.29 is 23.3 Å². The van der Waals surface area contributed by atoms with Crippen LogP contribution >= 0.6 is 0 Å². The van der Waals surface area contributed by atoms with Crippen molar-refractivity contribution in [3.05, 3.63) is 148 Å². The molecule has 0 saturated heterocycles. The summed E-state index contributed by atoms with van der Waals surface area (Å²) in [5.41, 5.74) is 3.95. The molecule has 0 aromatic heterocycles. The van der Waals surface area contributed by atoms with E-state index >= 15 is 0 Å². The van der Waals surface area contributed by atoms with E-state index in [2.05, 4.69) is 141 Å².